The Morgan fingerprint density at radius 2 is 1.85 bits per heavy atom. The average Bonchev–Trinajstić information content (AvgIpc) is 2.43. The zero-order valence-corrected chi connectivity index (χ0v) is 13.3. The molecule has 0 atom stereocenters. The lowest BCUT2D eigenvalue weighted by Crippen LogP contribution is -2.30. The summed E-state index contributed by atoms with van der Waals surface area (Å²) >= 11 is 17.4. The molecular weight excluding hydrogens is 311 g/mol. The highest BCUT2D eigenvalue weighted by molar-refractivity contribution is 7.80. The number of hydrogen-bond acceptors (Lipinski definition) is 1. The molecule has 104 valence electrons. The highest BCUT2D eigenvalue weighted by Gasteiger charge is 2.08. The maximum absolute atomic E-state index is 6.11. The van der Waals surface area contributed by atoms with Gasteiger partial charge in [-0.25, -0.2) is 0 Å². The predicted octanol–water partition coefficient (Wildman–Crippen LogP) is 4.82. The molecule has 2 aromatic rings. The molecule has 2 nitrogen and oxygen atoms in total. The van der Waals surface area contributed by atoms with Gasteiger partial charge in [0.15, 0.2) is 5.11 Å². The Kier molecular flexibility index (Phi) is 5.24. The number of anilines is 1. The molecule has 5 heteroatoms. The second-order valence-corrected chi connectivity index (χ2v) is 5.63. The molecule has 20 heavy (non-hydrogen) atoms. The van der Waals surface area contributed by atoms with Gasteiger partial charge in [0.05, 0.1) is 10.7 Å². The number of nitrogens with one attached hydrogen (secondary N) is 1. The van der Waals surface area contributed by atoms with Crippen molar-refractivity contribution in [2.24, 2.45) is 0 Å². The third-order valence-corrected chi connectivity index (χ3v) is 3.74. The molecule has 0 saturated heterocycles. The number of benzene rings is 2. The number of rotatable bonds is 3. The molecular formula is C15H14Cl2N2S. The third-order valence-electron chi connectivity index (χ3n) is 2.78. The molecule has 0 fully saturated rings. The smallest absolute Gasteiger partial charge is 0.173 e. The third kappa shape index (κ3) is 4.10. The minimum Gasteiger partial charge on any atom is -0.348 e. The summed E-state index contributed by atoms with van der Waals surface area (Å²) in [6, 6.07) is 15.4. The van der Waals surface area contributed by atoms with Crippen LogP contribution in [-0.4, -0.2) is 17.1 Å². The molecule has 0 amide bonds. The van der Waals surface area contributed by atoms with E-state index in [4.69, 9.17) is 35.4 Å². The molecule has 0 aliphatic heterocycles. The first-order chi connectivity index (χ1) is 9.56. The van der Waals surface area contributed by atoms with E-state index in [-0.39, 0.29) is 0 Å². The van der Waals surface area contributed by atoms with E-state index in [1.54, 1.807) is 12.1 Å². The fourth-order valence-electron chi connectivity index (χ4n) is 1.73. The SMILES string of the molecule is CN(Cc1ccccc1)C(=S)Nc1ccc(Cl)cc1Cl. The fourth-order valence-corrected chi connectivity index (χ4v) is 2.36. The van der Waals surface area contributed by atoms with Gasteiger partial charge in [0.1, 0.15) is 0 Å². The molecule has 0 heterocycles. The van der Waals surface area contributed by atoms with Gasteiger partial charge in [-0.15, -0.1) is 0 Å². The minimum atomic E-state index is 0.549. The lowest BCUT2D eigenvalue weighted by atomic mass is 10.2. The van der Waals surface area contributed by atoms with Crippen molar-refractivity contribution in [2.45, 2.75) is 6.54 Å². The maximum Gasteiger partial charge on any atom is 0.173 e. The molecule has 1 N–H and O–H groups in total. The van der Waals surface area contributed by atoms with Gasteiger partial charge in [-0.05, 0) is 36.0 Å². The summed E-state index contributed by atoms with van der Waals surface area (Å²) in [5.74, 6) is 0. The van der Waals surface area contributed by atoms with E-state index in [1.165, 1.54) is 5.56 Å². The lowest BCUT2D eigenvalue weighted by Gasteiger charge is -2.21. The maximum atomic E-state index is 6.11. The molecule has 0 aromatic heterocycles. The van der Waals surface area contributed by atoms with Gasteiger partial charge in [-0.3, -0.25) is 0 Å². The van der Waals surface area contributed by atoms with Gasteiger partial charge in [0.25, 0.3) is 0 Å². The molecule has 0 saturated carbocycles. The predicted molar refractivity (Wildman–Crippen MR) is 90.6 cm³/mol. The van der Waals surface area contributed by atoms with Gasteiger partial charge in [-0.2, -0.15) is 0 Å². The van der Waals surface area contributed by atoms with E-state index in [0.29, 0.717) is 15.2 Å². The Bertz CT molecular complexity index is 602. The summed E-state index contributed by atoms with van der Waals surface area (Å²) in [7, 11) is 1.94. The van der Waals surface area contributed by atoms with E-state index >= 15 is 0 Å². The zero-order chi connectivity index (χ0) is 14.5. The van der Waals surface area contributed by atoms with Crippen LogP contribution in [0.1, 0.15) is 5.56 Å². The largest absolute Gasteiger partial charge is 0.348 e. The van der Waals surface area contributed by atoms with Crippen LogP contribution in [-0.2, 0) is 6.54 Å². The van der Waals surface area contributed by atoms with Gasteiger partial charge in [0, 0.05) is 18.6 Å². The Morgan fingerprint density at radius 1 is 1.15 bits per heavy atom. The highest BCUT2D eigenvalue weighted by atomic mass is 35.5. The van der Waals surface area contributed by atoms with Gasteiger partial charge >= 0.3 is 0 Å². The van der Waals surface area contributed by atoms with Crippen LogP contribution in [0.25, 0.3) is 0 Å². The van der Waals surface area contributed by atoms with Crippen LogP contribution in [0.2, 0.25) is 10.0 Å². The van der Waals surface area contributed by atoms with Crippen LogP contribution in [0.3, 0.4) is 0 Å². The molecule has 2 aromatic carbocycles. The first-order valence-corrected chi connectivity index (χ1v) is 7.24. The summed E-state index contributed by atoms with van der Waals surface area (Å²) in [5.41, 5.74) is 1.95. The minimum absolute atomic E-state index is 0.549. The van der Waals surface area contributed by atoms with E-state index in [0.717, 1.165) is 12.2 Å². The number of nitrogens with zero attached hydrogens (tertiary/aromatic N) is 1. The second kappa shape index (κ2) is 6.93. The van der Waals surface area contributed by atoms with Crippen molar-refractivity contribution in [2.75, 3.05) is 12.4 Å². The van der Waals surface area contributed by atoms with Gasteiger partial charge in [-0.1, -0.05) is 53.5 Å². The van der Waals surface area contributed by atoms with Crippen LogP contribution in [0.15, 0.2) is 48.5 Å². The van der Waals surface area contributed by atoms with E-state index in [9.17, 15) is 0 Å². The van der Waals surface area contributed by atoms with Crippen molar-refractivity contribution in [1.29, 1.82) is 0 Å². The molecule has 0 aliphatic carbocycles. The Labute approximate surface area is 134 Å². The van der Waals surface area contributed by atoms with E-state index in [2.05, 4.69) is 17.4 Å². The first-order valence-electron chi connectivity index (χ1n) is 6.07. The molecule has 0 radical (unpaired) electrons. The Morgan fingerprint density at radius 3 is 2.50 bits per heavy atom. The van der Waals surface area contributed by atoms with Crippen molar-refractivity contribution in [3.63, 3.8) is 0 Å². The summed E-state index contributed by atoms with van der Waals surface area (Å²) in [5, 5.41) is 4.88. The number of thiocarbonyl (C=S) groups is 1. The van der Waals surface area contributed by atoms with Crippen molar-refractivity contribution < 1.29 is 0 Å². The van der Waals surface area contributed by atoms with Crippen LogP contribution in [0, 0.1) is 0 Å². The molecule has 0 bridgehead atoms. The van der Waals surface area contributed by atoms with E-state index in [1.807, 2.05) is 36.2 Å². The van der Waals surface area contributed by atoms with Crippen LogP contribution in [0.5, 0.6) is 0 Å². The van der Waals surface area contributed by atoms with Gasteiger partial charge in [0.2, 0.25) is 0 Å². The first kappa shape index (κ1) is 15.1. The van der Waals surface area contributed by atoms with Crippen molar-refractivity contribution in [1.82, 2.24) is 4.90 Å². The molecule has 0 unspecified atom stereocenters. The van der Waals surface area contributed by atoms with Crippen molar-refractivity contribution >= 4 is 46.2 Å². The topological polar surface area (TPSA) is 15.3 Å². The van der Waals surface area contributed by atoms with Crippen LogP contribution >= 0.6 is 35.4 Å². The van der Waals surface area contributed by atoms with Crippen LogP contribution < -0.4 is 5.32 Å². The molecule has 0 spiro atoms. The lowest BCUT2D eigenvalue weighted by molar-refractivity contribution is 0.508. The quantitative estimate of drug-likeness (QED) is 0.814. The molecule has 2 rings (SSSR count). The van der Waals surface area contributed by atoms with E-state index < -0.39 is 0 Å². The molecule has 0 aliphatic rings. The summed E-state index contributed by atoms with van der Waals surface area (Å²) in [6.07, 6.45) is 0. The van der Waals surface area contributed by atoms with Crippen molar-refractivity contribution in [3.05, 3.63) is 64.1 Å². The monoisotopic (exact) mass is 324 g/mol. The summed E-state index contributed by atoms with van der Waals surface area (Å²) < 4.78 is 0. The Balaban J connectivity index is 2.01. The highest BCUT2D eigenvalue weighted by Crippen LogP contribution is 2.25. The Hall–Kier alpha value is -1.29. The normalized spacial score (nSPS) is 10.2. The second-order valence-electron chi connectivity index (χ2n) is 4.40. The summed E-state index contributed by atoms with van der Waals surface area (Å²) in [6.45, 7) is 0.734. The zero-order valence-electron chi connectivity index (χ0n) is 10.9. The van der Waals surface area contributed by atoms with Gasteiger partial charge < -0.3 is 10.2 Å². The van der Waals surface area contributed by atoms with Crippen LogP contribution in [0.4, 0.5) is 5.69 Å². The number of halogens is 2. The summed E-state index contributed by atoms with van der Waals surface area (Å²) in [4.78, 5) is 1.95. The van der Waals surface area contributed by atoms with Crippen molar-refractivity contribution in [3.8, 4) is 0 Å². The average molecular weight is 325 g/mol. The fraction of sp³-hybridized carbons (Fsp3) is 0.133. The standard InChI is InChI=1S/C15H14Cl2N2S/c1-19(10-11-5-3-2-4-6-11)15(20)18-14-8-7-12(16)9-13(14)17/h2-9H,10H2,1H3,(H,18,20). The number of hydrogen-bond donors (Lipinski definition) is 1.